The minimum absolute atomic E-state index is 0.0919. The van der Waals surface area contributed by atoms with Gasteiger partial charge in [0.05, 0.1) is 5.56 Å². The Morgan fingerprint density at radius 1 is 1.08 bits per heavy atom. The third-order valence-corrected chi connectivity index (χ3v) is 5.83. The molecule has 4 nitrogen and oxygen atoms in total. The first-order valence-electron chi connectivity index (χ1n) is 9.37. The largest absolute Gasteiger partial charge is 0.457 e. The second-order valence-electron chi connectivity index (χ2n) is 7.50. The standard InChI is InChI=1S/C22H22N2O2/c1-22(20-14-15-8-2-7-13-19(15)26-20)23-18-12-6-5-11-17(18)21(25)24(22)16-9-3-4-10-16/h2,5-8,11-14,16,23H,3-4,9-10H2,1H3/t22-/m1/s1. The van der Waals surface area contributed by atoms with Crippen molar-refractivity contribution in [3.63, 3.8) is 0 Å². The number of rotatable bonds is 2. The smallest absolute Gasteiger partial charge is 0.258 e. The fraction of sp³-hybridized carbons (Fsp3) is 0.318. The summed E-state index contributed by atoms with van der Waals surface area (Å²) in [5.41, 5.74) is 1.77. The third kappa shape index (κ3) is 2.18. The number of hydrogen-bond donors (Lipinski definition) is 1. The summed E-state index contributed by atoms with van der Waals surface area (Å²) >= 11 is 0. The summed E-state index contributed by atoms with van der Waals surface area (Å²) < 4.78 is 6.21. The van der Waals surface area contributed by atoms with E-state index in [1.54, 1.807) is 0 Å². The molecule has 0 radical (unpaired) electrons. The molecule has 5 rings (SSSR count). The van der Waals surface area contributed by atoms with E-state index in [4.69, 9.17) is 4.42 Å². The maximum Gasteiger partial charge on any atom is 0.258 e. The molecule has 0 bridgehead atoms. The normalized spacial score (nSPS) is 23.3. The van der Waals surface area contributed by atoms with E-state index in [0.29, 0.717) is 0 Å². The molecule has 1 aliphatic carbocycles. The number of carbonyl (C=O) groups is 1. The van der Waals surface area contributed by atoms with E-state index < -0.39 is 5.66 Å². The van der Waals surface area contributed by atoms with E-state index in [1.165, 1.54) is 12.8 Å². The molecular formula is C22H22N2O2. The van der Waals surface area contributed by atoms with E-state index in [2.05, 4.69) is 18.3 Å². The van der Waals surface area contributed by atoms with Gasteiger partial charge in [0.15, 0.2) is 11.4 Å². The number of nitrogens with zero attached hydrogens (tertiary/aromatic N) is 1. The summed E-state index contributed by atoms with van der Waals surface area (Å²) in [7, 11) is 0. The number of nitrogens with one attached hydrogen (secondary N) is 1. The highest BCUT2D eigenvalue weighted by atomic mass is 16.3. The van der Waals surface area contributed by atoms with Crippen molar-refractivity contribution in [2.24, 2.45) is 0 Å². The highest BCUT2D eigenvalue weighted by molar-refractivity contribution is 6.02. The van der Waals surface area contributed by atoms with E-state index in [1.807, 2.05) is 53.4 Å². The Hall–Kier alpha value is -2.75. The van der Waals surface area contributed by atoms with Crippen LogP contribution in [-0.4, -0.2) is 16.8 Å². The van der Waals surface area contributed by atoms with Gasteiger partial charge in [-0.3, -0.25) is 4.79 Å². The van der Waals surface area contributed by atoms with Gasteiger partial charge in [-0.1, -0.05) is 43.2 Å². The van der Waals surface area contributed by atoms with Crippen LogP contribution in [0.2, 0.25) is 0 Å². The molecule has 4 heteroatoms. The second kappa shape index (κ2) is 5.63. The number of benzene rings is 2. The number of fused-ring (bicyclic) bond motifs is 2. The van der Waals surface area contributed by atoms with Crippen LogP contribution in [0.3, 0.4) is 0 Å². The van der Waals surface area contributed by atoms with Crippen molar-refractivity contribution < 1.29 is 9.21 Å². The minimum Gasteiger partial charge on any atom is -0.457 e. The molecule has 1 fully saturated rings. The van der Waals surface area contributed by atoms with Crippen LogP contribution in [0.5, 0.6) is 0 Å². The molecule has 0 saturated heterocycles. The number of amides is 1. The summed E-state index contributed by atoms with van der Waals surface area (Å²) in [6.45, 7) is 2.07. The first-order chi connectivity index (χ1) is 12.7. The summed E-state index contributed by atoms with van der Waals surface area (Å²) in [6, 6.07) is 18.1. The fourth-order valence-electron chi connectivity index (χ4n) is 4.53. The lowest BCUT2D eigenvalue weighted by atomic mass is 9.95. The van der Waals surface area contributed by atoms with E-state index in [-0.39, 0.29) is 11.9 Å². The zero-order chi connectivity index (χ0) is 17.7. The van der Waals surface area contributed by atoms with Crippen LogP contribution in [0.15, 0.2) is 59.0 Å². The van der Waals surface area contributed by atoms with Crippen molar-refractivity contribution in [1.82, 2.24) is 4.90 Å². The highest BCUT2D eigenvalue weighted by Crippen LogP contribution is 2.43. The summed E-state index contributed by atoms with van der Waals surface area (Å²) in [4.78, 5) is 15.5. The van der Waals surface area contributed by atoms with Gasteiger partial charge in [-0.05, 0) is 44.0 Å². The molecule has 3 aromatic rings. The second-order valence-corrected chi connectivity index (χ2v) is 7.50. The predicted octanol–water partition coefficient (Wildman–Crippen LogP) is 5.12. The van der Waals surface area contributed by atoms with Crippen molar-refractivity contribution in [1.29, 1.82) is 0 Å². The molecule has 1 aliphatic heterocycles. The van der Waals surface area contributed by atoms with Crippen molar-refractivity contribution in [2.75, 3.05) is 5.32 Å². The van der Waals surface area contributed by atoms with Crippen LogP contribution in [0.25, 0.3) is 11.0 Å². The quantitative estimate of drug-likeness (QED) is 0.701. The zero-order valence-electron chi connectivity index (χ0n) is 14.9. The minimum atomic E-state index is -0.695. The fourth-order valence-corrected chi connectivity index (χ4v) is 4.53. The molecule has 26 heavy (non-hydrogen) atoms. The van der Waals surface area contributed by atoms with Gasteiger partial charge in [-0.2, -0.15) is 0 Å². The van der Waals surface area contributed by atoms with Gasteiger partial charge in [-0.25, -0.2) is 0 Å². The molecule has 1 N–H and O–H groups in total. The Bertz CT molecular complexity index is 953. The molecular weight excluding hydrogens is 324 g/mol. The number of carbonyl (C=O) groups excluding carboxylic acids is 1. The number of para-hydroxylation sites is 2. The highest BCUT2D eigenvalue weighted by Gasteiger charge is 2.48. The zero-order valence-corrected chi connectivity index (χ0v) is 14.9. The molecule has 1 aromatic heterocycles. The molecule has 132 valence electrons. The van der Waals surface area contributed by atoms with Crippen LogP contribution < -0.4 is 5.32 Å². The average molecular weight is 346 g/mol. The summed E-state index contributed by atoms with van der Waals surface area (Å²) in [5.74, 6) is 0.877. The molecule has 2 aliphatic rings. The molecule has 0 unspecified atom stereocenters. The van der Waals surface area contributed by atoms with Crippen LogP contribution in [0.4, 0.5) is 5.69 Å². The van der Waals surface area contributed by atoms with Crippen molar-refractivity contribution >= 4 is 22.6 Å². The lowest BCUT2D eigenvalue weighted by Crippen LogP contribution is -2.59. The Morgan fingerprint density at radius 3 is 2.62 bits per heavy atom. The molecule has 0 spiro atoms. The molecule has 2 heterocycles. The van der Waals surface area contributed by atoms with Gasteiger partial charge < -0.3 is 14.6 Å². The summed E-state index contributed by atoms with van der Waals surface area (Å²) in [6.07, 6.45) is 4.44. The number of hydrogen-bond acceptors (Lipinski definition) is 3. The lowest BCUT2D eigenvalue weighted by molar-refractivity contribution is 0.0331. The summed E-state index contributed by atoms with van der Waals surface area (Å²) in [5, 5.41) is 4.68. The Morgan fingerprint density at radius 2 is 1.81 bits per heavy atom. The van der Waals surface area contributed by atoms with Gasteiger partial charge >= 0.3 is 0 Å². The SMILES string of the molecule is C[C@@]1(c2cc3ccccc3o2)Nc2ccccc2C(=O)N1C1CCCC1. The van der Waals surface area contributed by atoms with Crippen LogP contribution in [0, 0.1) is 0 Å². The van der Waals surface area contributed by atoms with Gasteiger partial charge in [0.25, 0.3) is 5.91 Å². The van der Waals surface area contributed by atoms with Crippen molar-refractivity contribution in [3.05, 3.63) is 65.9 Å². The van der Waals surface area contributed by atoms with E-state index in [0.717, 1.165) is 40.8 Å². The van der Waals surface area contributed by atoms with Crippen LogP contribution in [0.1, 0.15) is 48.7 Å². The van der Waals surface area contributed by atoms with Gasteiger partial charge in [0, 0.05) is 17.1 Å². The predicted molar refractivity (Wildman–Crippen MR) is 102 cm³/mol. The molecule has 1 saturated carbocycles. The van der Waals surface area contributed by atoms with Crippen molar-refractivity contribution in [3.8, 4) is 0 Å². The number of anilines is 1. The first-order valence-corrected chi connectivity index (χ1v) is 9.37. The molecule has 1 amide bonds. The Kier molecular flexibility index (Phi) is 3.36. The monoisotopic (exact) mass is 346 g/mol. The maximum atomic E-state index is 13.5. The van der Waals surface area contributed by atoms with Crippen molar-refractivity contribution in [2.45, 2.75) is 44.3 Å². The van der Waals surface area contributed by atoms with Gasteiger partial charge in [0.1, 0.15) is 5.58 Å². The van der Waals surface area contributed by atoms with Crippen LogP contribution in [-0.2, 0) is 5.66 Å². The average Bonchev–Trinajstić information content (AvgIpc) is 3.31. The molecule has 2 aromatic carbocycles. The molecule has 1 atom stereocenters. The number of furan rings is 1. The topological polar surface area (TPSA) is 45.5 Å². The first kappa shape index (κ1) is 15.5. The van der Waals surface area contributed by atoms with Gasteiger partial charge in [-0.15, -0.1) is 0 Å². The van der Waals surface area contributed by atoms with E-state index in [9.17, 15) is 4.79 Å². The van der Waals surface area contributed by atoms with Gasteiger partial charge in [0.2, 0.25) is 0 Å². The van der Waals surface area contributed by atoms with Crippen LogP contribution >= 0.6 is 0 Å². The third-order valence-electron chi connectivity index (χ3n) is 5.83. The Labute approximate surface area is 152 Å². The van der Waals surface area contributed by atoms with E-state index >= 15 is 0 Å². The Balaban J connectivity index is 1.69. The lowest BCUT2D eigenvalue weighted by Gasteiger charge is -2.48. The maximum absolute atomic E-state index is 13.5.